The van der Waals surface area contributed by atoms with Gasteiger partial charge >= 0.3 is 0 Å². The number of nitrogens with zero attached hydrogens (tertiary/aromatic N) is 3. The molecule has 0 aliphatic carbocycles. The third-order valence-corrected chi connectivity index (χ3v) is 3.33. The number of pyridine rings is 1. The molecule has 7 nitrogen and oxygen atoms in total. The van der Waals surface area contributed by atoms with Gasteiger partial charge in [0.25, 0.3) is 11.6 Å². The van der Waals surface area contributed by atoms with Gasteiger partial charge in [-0.15, -0.1) is 0 Å². The summed E-state index contributed by atoms with van der Waals surface area (Å²) < 4.78 is 1.65. The Balaban J connectivity index is 1.94. The van der Waals surface area contributed by atoms with E-state index in [1.54, 1.807) is 35.7 Å². The molecule has 0 saturated heterocycles. The third kappa shape index (κ3) is 2.39. The van der Waals surface area contributed by atoms with Gasteiger partial charge < -0.3 is 5.32 Å². The molecule has 1 N–H and O–H groups in total. The molecule has 2 heterocycles. The lowest BCUT2D eigenvalue weighted by Gasteiger charge is -2.08. The first-order valence-electron chi connectivity index (χ1n) is 6.55. The van der Waals surface area contributed by atoms with Crippen molar-refractivity contribution in [2.45, 2.75) is 6.92 Å². The summed E-state index contributed by atoms with van der Waals surface area (Å²) in [5.74, 6) is -0.373. The van der Waals surface area contributed by atoms with E-state index in [-0.39, 0.29) is 11.6 Å². The number of amides is 1. The van der Waals surface area contributed by atoms with Crippen molar-refractivity contribution in [3.05, 3.63) is 70.2 Å². The molecule has 22 heavy (non-hydrogen) atoms. The van der Waals surface area contributed by atoms with Crippen molar-refractivity contribution in [3.63, 3.8) is 0 Å². The summed E-state index contributed by atoms with van der Waals surface area (Å²) in [6, 6.07) is 9.76. The number of rotatable bonds is 3. The number of carbonyl (C=O) groups excluding carboxylic acids is 1. The average Bonchev–Trinajstić information content (AvgIpc) is 2.93. The number of nitro groups is 1. The lowest BCUT2D eigenvalue weighted by molar-refractivity contribution is -0.384. The summed E-state index contributed by atoms with van der Waals surface area (Å²) in [4.78, 5) is 26.9. The average molecular weight is 296 g/mol. The maximum Gasteiger partial charge on any atom is 0.274 e. The standard InChI is InChI=1S/C15H12N4O3/c1-10-5-6-11(19(21)22)8-12(10)17-15(20)13-9-16-14-4-2-3-7-18(13)14/h2-9H,1H3,(H,17,20). The summed E-state index contributed by atoms with van der Waals surface area (Å²) in [5, 5.41) is 13.5. The van der Waals surface area contributed by atoms with Gasteiger partial charge in [-0.2, -0.15) is 0 Å². The van der Waals surface area contributed by atoms with Crippen molar-refractivity contribution in [3.8, 4) is 0 Å². The number of carbonyl (C=O) groups is 1. The number of hydrogen-bond acceptors (Lipinski definition) is 4. The fourth-order valence-electron chi connectivity index (χ4n) is 2.15. The molecule has 0 bridgehead atoms. The van der Waals surface area contributed by atoms with Crippen molar-refractivity contribution < 1.29 is 9.72 Å². The van der Waals surface area contributed by atoms with Crippen LogP contribution in [0.15, 0.2) is 48.8 Å². The molecular weight excluding hydrogens is 284 g/mol. The molecule has 110 valence electrons. The van der Waals surface area contributed by atoms with Crippen molar-refractivity contribution in [2.75, 3.05) is 5.32 Å². The molecule has 1 aromatic carbocycles. The highest BCUT2D eigenvalue weighted by Gasteiger charge is 2.15. The summed E-state index contributed by atoms with van der Waals surface area (Å²) in [5.41, 5.74) is 2.10. The Hall–Kier alpha value is -3.22. The number of nitrogens with one attached hydrogen (secondary N) is 1. The molecule has 0 aliphatic heterocycles. The van der Waals surface area contributed by atoms with Gasteiger partial charge in [0, 0.05) is 18.3 Å². The number of nitro benzene ring substituents is 1. The Morgan fingerprint density at radius 1 is 1.32 bits per heavy atom. The summed E-state index contributed by atoms with van der Waals surface area (Å²) in [6.07, 6.45) is 3.20. The zero-order chi connectivity index (χ0) is 15.7. The number of imidazole rings is 1. The normalized spacial score (nSPS) is 10.6. The number of hydrogen-bond donors (Lipinski definition) is 1. The van der Waals surface area contributed by atoms with E-state index in [2.05, 4.69) is 10.3 Å². The van der Waals surface area contributed by atoms with E-state index < -0.39 is 4.92 Å². The van der Waals surface area contributed by atoms with Gasteiger partial charge in [-0.3, -0.25) is 19.3 Å². The molecule has 1 amide bonds. The molecule has 3 aromatic rings. The third-order valence-electron chi connectivity index (χ3n) is 3.33. The Bertz CT molecular complexity index is 885. The molecule has 7 heteroatoms. The van der Waals surface area contributed by atoms with Crippen LogP contribution in [0.25, 0.3) is 5.65 Å². The minimum absolute atomic E-state index is 0.0703. The van der Waals surface area contributed by atoms with E-state index in [4.69, 9.17) is 0 Å². The van der Waals surface area contributed by atoms with Crippen LogP contribution in [0.4, 0.5) is 11.4 Å². The van der Waals surface area contributed by atoms with E-state index in [1.165, 1.54) is 18.3 Å². The van der Waals surface area contributed by atoms with E-state index in [9.17, 15) is 14.9 Å². The smallest absolute Gasteiger partial charge is 0.274 e. The fraction of sp³-hybridized carbons (Fsp3) is 0.0667. The van der Waals surface area contributed by atoms with Gasteiger partial charge in [-0.05, 0) is 24.6 Å². The number of aromatic nitrogens is 2. The molecule has 0 radical (unpaired) electrons. The second-order valence-corrected chi connectivity index (χ2v) is 4.78. The highest BCUT2D eigenvalue weighted by Crippen LogP contribution is 2.22. The summed E-state index contributed by atoms with van der Waals surface area (Å²) in [7, 11) is 0. The SMILES string of the molecule is Cc1ccc([N+](=O)[O-])cc1NC(=O)c1cnc2ccccn12. The molecule has 0 atom stereocenters. The van der Waals surface area contributed by atoms with E-state index in [0.29, 0.717) is 17.0 Å². The summed E-state index contributed by atoms with van der Waals surface area (Å²) in [6.45, 7) is 1.77. The topological polar surface area (TPSA) is 89.5 Å². The van der Waals surface area contributed by atoms with Gasteiger partial charge in [0.15, 0.2) is 0 Å². The first-order valence-corrected chi connectivity index (χ1v) is 6.55. The molecule has 3 rings (SSSR count). The number of anilines is 1. The largest absolute Gasteiger partial charge is 0.320 e. The first kappa shape index (κ1) is 13.7. The molecule has 0 saturated carbocycles. The predicted molar refractivity (Wildman–Crippen MR) is 81.0 cm³/mol. The van der Waals surface area contributed by atoms with Crippen molar-refractivity contribution in [1.82, 2.24) is 9.38 Å². The van der Waals surface area contributed by atoms with Crippen LogP contribution >= 0.6 is 0 Å². The Labute approximate surface area is 125 Å². The fourth-order valence-corrected chi connectivity index (χ4v) is 2.15. The van der Waals surface area contributed by atoms with Crippen LogP contribution in [0.1, 0.15) is 16.1 Å². The monoisotopic (exact) mass is 296 g/mol. The van der Waals surface area contributed by atoms with Gasteiger partial charge in [-0.1, -0.05) is 12.1 Å². The van der Waals surface area contributed by atoms with Gasteiger partial charge in [0.2, 0.25) is 0 Å². The Kier molecular flexibility index (Phi) is 3.30. The second-order valence-electron chi connectivity index (χ2n) is 4.78. The van der Waals surface area contributed by atoms with Gasteiger partial charge in [0.1, 0.15) is 11.3 Å². The van der Waals surface area contributed by atoms with Crippen molar-refractivity contribution in [2.24, 2.45) is 0 Å². The number of aryl methyl sites for hydroxylation is 1. The maximum absolute atomic E-state index is 12.4. The number of fused-ring (bicyclic) bond motifs is 1. The van der Waals surface area contributed by atoms with Crippen LogP contribution in [0.2, 0.25) is 0 Å². The quantitative estimate of drug-likeness (QED) is 0.594. The molecular formula is C15H12N4O3. The van der Waals surface area contributed by atoms with Crippen LogP contribution < -0.4 is 5.32 Å². The highest BCUT2D eigenvalue weighted by molar-refractivity contribution is 6.04. The Morgan fingerprint density at radius 3 is 2.91 bits per heavy atom. The van der Waals surface area contributed by atoms with Crippen LogP contribution in [0.3, 0.4) is 0 Å². The zero-order valence-electron chi connectivity index (χ0n) is 11.7. The molecule has 0 aliphatic rings. The number of benzene rings is 1. The first-order chi connectivity index (χ1) is 10.6. The van der Waals surface area contributed by atoms with Gasteiger partial charge in [-0.25, -0.2) is 4.98 Å². The van der Waals surface area contributed by atoms with E-state index in [0.717, 1.165) is 5.56 Å². The maximum atomic E-state index is 12.4. The lowest BCUT2D eigenvalue weighted by Crippen LogP contribution is -2.15. The van der Waals surface area contributed by atoms with Crippen molar-refractivity contribution in [1.29, 1.82) is 0 Å². The predicted octanol–water partition coefficient (Wildman–Crippen LogP) is 2.80. The van der Waals surface area contributed by atoms with E-state index >= 15 is 0 Å². The van der Waals surface area contributed by atoms with Crippen LogP contribution in [-0.2, 0) is 0 Å². The molecule has 0 unspecified atom stereocenters. The van der Waals surface area contributed by atoms with Crippen molar-refractivity contribution >= 4 is 22.9 Å². The van der Waals surface area contributed by atoms with Crippen LogP contribution in [0, 0.1) is 17.0 Å². The zero-order valence-corrected chi connectivity index (χ0v) is 11.7. The highest BCUT2D eigenvalue weighted by atomic mass is 16.6. The molecule has 0 spiro atoms. The minimum Gasteiger partial charge on any atom is -0.320 e. The van der Waals surface area contributed by atoms with Gasteiger partial charge in [0.05, 0.1) is 16.8 Å². The minimum atomic E-state index is -0.497. The van der Waals surface area contributed by atoms with Crippen LogP contribution in [0.5, 0.6) is 0 Å². The number of non-ortho nitro benzene ring substituents is 1. The second kappa shape index (κ2) is 5.28. The summed E-state index contributed by atoms with van der Waals surface area (Å²) >= 11 is 0. The Morgan fingerprint density at radius 2 is 2.14 bits per heavy atom. The molecule has 0 fully saturated rings. The van der Waals surface area contributed by atoms with Crippen LogP contribution in [-0.4, -0.2) is 20.2 Å². The van der Waals surface area contributed by atoms with E-state index in [1.807, 2.05) is 6.07 Å². The lowest BCUT2D eigenvalue weighted by atomic mass is 10.2. The molecule has 2 aromatic heterocycles.